The van der Waals surface area contributed by atoms with Crippen molar-refractivity contribution in [3.63, 3.8) is 0 Å². The first-order chi connectivity index (χ1) is 5.77. The Balaban J connectivity index is 2.62. The number of halogens is 1. The lowest BCUT2D eigenvalue weighted by molar-refractivity contribution is 0.489. The van der Waals surface area contributed by atoms with Gasteiger partial charge in [-0.15, -0.1) is 11.3 Å². The van der Waals surface area contributed by atoms with Crippen LogP contribution in [0.5, 0.6) is 0 Å². The fraction of sp³-hybridized carbons (Fsp3) is 0.625. The van der Waals surface area contributed by atoms with Crippen molar-refractivity contribution in [2.24, 2.45) is 0 Å². The van der Waals surface area contributed by atoms with E-state index in [1.807, 2.05) is 14.0 Å². The molecule has 0 aliphatic heterocycles. The van der Waals surface area contributed by atoms with E-state index in [0.717, 1.165) is 28.5 Å². The molecular formula is C8H13FN2S. The molecule has 0 aliphatic rings. The molecule has 0 bridgehead atoms. The highest BCUT2D eigenvalue weighted by Gasteiger charge is 2.05. The quantitative estimate of drug-likeness (QED) is 0.777. The Morgan fingerprint density at radius 2 is 2.33 bits per heavy atom. The van der Waals surface area contributed by atoms with Gasteiger partial charge in [-0.25, -0.2) is 9.37 Å². The number of hydrogen-bond donors (Lipinski definition) is 1. The average molecular weight is 188 g/mol. The maximum Gasteiger partial charge on any atom is 0.126 e. The van der Waals surface area contributed by atoms with Crippen LogP contribution in [0.3, 0.4) is 0 Å². The summed E-state index contributed by atoms with van der Waals surface area (Å²) in [4.78, 5) is 5.02. The fourth-order valence-corrected chi connectivity index (χ4v) is 1.87. The zero-order valence-electron chi connectivity index (χ0n) is 7.35. The summed E-state index contributed by atoms with van der Waals surface area (Å²) < 4.78 is 12.3. The van der Waals surface area contributed by atoms with E-state index in [0.29, 0.717) is 0 Å². The molecule has 0 aliphatic carbocycles. The molecule has 0 saturated carbocycles. The van der Waals surface area contributed by atoms with E-state index in [1.165, 1.54) is 11.3 Å². The van der Waals surface area contributed by atoms with Gasteiger partial charge in [0.15, 0.2) is 0 Å². The largest absolute Gasteiger partial charge is 0.319 e. The van der Waals surface area contributed by atoms with Gasteiger partial charge in [-0.3, -0.25) is 0 Å². The van der Waals surface area contributed by atoms with Gasteiger partial charge < -0.3 is 5.32 Å². The first-order valence-electron chi connectivity index (χ1n) is 3.93. The van der Waals surface area contributed by atoms with E-state index >= 15 is 0 Å². The summed E-state index contributed by atoms with van der Waals surface area (Å²) in [6, 6.07) is 0. The number of aromatic nitrogens is 1. The Morgan fingerprint density at radius 3 is 2.83 bits per heavy atom. The van der Waals surface area contributed by atoms with Crippen LogP contribution >= 0.6 is 11.3 Å². The Bertz CT molecular complexity index is 247. The number of aryl methyl sites for hydroxylation is 1. The summed E-state index contributed by atoms with van der Waals surface area (Å²) in [7, 11) is 1.90. The van der Waals surface area contributed by atoms with Gasteiger partial charge in [0, 0.05) is 13.0 Å². The monoisotopic (exact) mass is 188 g/mol. The van der Waals surface area contributed by atoms with Gasteiger partial charge in [0.1, 0.15) is 6.67 Å². The van der Waals surface area contributed by atoms with E-state index in [-0.39, 0.29) is 6.67 Å². The smallest absolute Gasteiger partial charge is 0.126 e. The van der Waals surface area contributed by atoms with E-state index in [4.69, 9.17) is 0 Å². The van der Waals surface area contributed by atoms with Gasteiger partial charge in [0.25, 0.3) is 0 Å². The number of alkyl halides is 1. The molecule has 1 aromatic rings. The lowest BCUT2D eigenvalue weighted by Gasteiger charge is -1.92. The van der Waals surface area contributed by atoms with Crippen molar-refractivity contribution in [3.8, 4) is 0 Å². The predicted octanol–water partition coefficient (Wildman–Crippen LogP) is 1.68. The lowest BCUT2D eigenvalue weighted by Crippen LogP contribution is -2.09. The van der Waals surface area contributed by atoms with Crippen LogP contribution in [0, 0.1) is 6.92 Å². The molecule has 0 spiro atoms. The second-order valence-corrected chi connectivity index (χ2v) is 3.77. The molecule has 2 nitrogen and oxygen atoms in total. The molecule has 0 aromatic carbocycles. The summed E-state index contributed by atoms with van der Waals surface area (Å²) in [5.74, 6) is 0. The van der Waals surface area contributed by atoms with Crippen molar-refractivity contribution in [1.29, 1.82) is 0 Å². The van der Waals surface area contributed by atoms with E-state index in [9.17, 15) is 4.39 Å². The van der Waals surface area contributed by atoms with Crippen LogP contribution in [0.4, 0.5) is 4.39 Å². The molecule has 4 heteroatoms. The molecular weight excluding hydrogens is 175 g/mol. The Kier molecular flexibility index (Phi) is 3.62. The van der Waals surface area contributed by atoms with Crippen molar-refractivity contribution >= 4 is 11.3 Å². The minimum absolute atomic E-state index is 0.386. The molecule has 68 valence electrons. The molecule has 0 saturated heterocycles. The van der Waals surface area contributed by atoms with E-state index in [2.05, 4.69) is 10.3 Å². The Hall–Kier alpha value is -0.480. The average Bonchev–Trinajstić information content (AvgIpc) is 2.43. The van der Waals surface area contributed by atoms with Crippen molar-refractivity contribution < 1.29 is 4.39 Å². The van der Waals surface area contributed by atoms with Crippen LogP contribution in [-0.4, -0.2) is 18.6 Å². The van der Waals surface area contributed by atoms with Crippen molar-refractivity contribution in [1.82, 2.24) is 10.3 Å². The van der Waals surface area contributed by atoms with E-state index < -0.39 is 0 Å². The van der Waals surface area contributed by atoms with Gasteiger partial charge in [0.05, 0.1) is 15.6 Å². The number of rotatable bonds is 4. The number of nitrogens with zero attached hydrogens (tertiary/aromatic N) is 1. The normalized spacial score (nSPS) is 10.6. The number of likely N-dealkylation sites (N-methyl/N-ethyl adjacent to an activating group) is 1. The topological polar surface area (TPSA) is 24.9 Å². The summed E-state index contributed by atoms with van der Waals surface area (Å²) in [5.41, 5.74) is 0.841. The molecule has 0 radical (unpaired) electrons. The molecule has 0 amide bonds. The third-order valence-corrected chi connectivity index (χ3v) is 2.83. The van der Waals surface area contributed by atoms with Crippen LogP contribution in [-0.2, 0) is 13.1 Å². The SMILES string of the molecule is CNCCc1nc(C)c(CF)s1. The molecule has 0 unspecified atom stereocenters. The number of thiazole rings is 1. The maximum absolute atomic E-state index is 12.3. The van der Waals surface area contributed by atoms with Crippen LogP contribution in [0.1, 0.15) is 15.6 Å². The lowest BCUT2D eigenvalue weighted by atomic mass is 10.4. The zero-order chi connectivity index (χ0) is 8.97. The fourth-order valence-electron chi connectivity index (χ4n) is 0.951. The summed E-state index contributed by atoms with van der Waals surface area (Å²) >= 11 is 1.47. The predicted molar refractivity (Wildman–Crippen MR) is 49.3 cm³/mol. The van der Waals surface area contributed by atoms with Gasteiger partial charge in [-0.05, 0) is 14.0 Å². The van der Waals surface area contributed by atoms with Gasteiger partial charge >= 0.3 is 0 Å². The highest BCUT2D eigenvalue weighted by atomic mass is 32.1. The van der Waals surface area contributed by atoms with Crippen molar-refractivity contribution in [2.45, 2.75) is 20.0 Å². The first kappa shape index (κ1) is 9.61. The molecule has 1 N–H and O–H groups in total. The van der Waals surface area contributed by atoms with Gasteiger partial charge in [-0.1, -0.05) is 0 Å². The van der Waals surface area contributed by atoms with Gasteiger partial charge in [-0.2, -0.15) is 0 Å². The highest BCUT2D eigenvalue weighted by Crippen LogP contribution is 2.18. The molecule has 0 atom stereocenters. The minimum atomic E-state index is -0.386. The van der Waals surface area contributed by atoms with Crippen LogP contribution in [0.25, 0.3) is 0 Å². The number of nitrogens with one attached hydrogen (secondary N) is 1. The molecule has 1 heterocycles. The summed E-state index contributed by atoms with van der Waals surface area (Å²) in [5, 5.41) is 4.06. The second-order valence-electron chi connectivity index (χ2n) is 2.60. The second kappa shape index (κ2) is 4.52. The minimum Gasteiger partial charge on any atom is -0.319 e. The Labute approximate surface area is 75.8 Å². The molecule has 1 aromatic heterocycles. The molecule has 1 rings (SSSR count). The van der Waals surface area contributed by atoms with Gasteiger partial charge in [0.2, 0.25) is 0 Å². The summed E-state index contributed by atoms with van der Waals surface area (Å²) in [6.07, 6.45) is 0.891. The van der Waals surface area contributed by atoms with Crippen LogP contribution in [0.15, 0.2) is 0 Å². The highest BCUT2D eigenvalue weighted by molar-refractivity contribution is 7.11. The van der Waals surface area contributed by atoms with Crippen molar-refractivity contribution in [2.75, 3.05) is 13.6 Å². The molecule has 0 fully saturated rings. The molecule has 12 heavy (non-hydrogen) atoms. The summed E-state index contributed by atoms with van der Waals surface area (Å²) in [6.45, 7) is 2.37. The van der Waals surface area contributed by atoms with Crippen LogP contribution < -0.4 is 5.32 Å². The maximum atomic E-state index is 12.3. The standard InChI is InChI=1S/C8H13FN2S/c1-6-7(5-9)12-8(11-6)3-4-10-2/h10H,3-5H2,1-2H3. The zero-order valence-corrected chi connectivity index (χ0v) is 8.17. The third kappa shape index (κ3) is 2.25. The number of hydrogen-bond acceptors (Lipinski definition) is 3. The third-order valence-electron chi connectivity index (χ3n) is 1.65. The van der Waals surface area contributed by atoms with Crippen molar-refractivity contribution in [3.05, 3.63) is 15.6 Å². The van der Waals surface area contributed by atoms with Crippen LogP contribution in [0.2, 0.25) is 0 Å². The first-order valence-corrected chi connectivity index (χ1v) is 4.75. The van der Waals surface area contributed by atoms with E-state index in [1.54, 1.807) is 0 Å². The Morgan fingerprint density at radius 1 is 1.58 bits per heavy atom.